The van der Waals surface area contributed by atoms with Crippen LogP contribution in [0, 0.1) is 0 Å². The number of halogens is 1. The molecule has 1 heterocycles. The van der Waals surface area contributed by atoms with Gasteiger partial charge in [-0.05, 0) is 24.3 Å². The van der Waals surface area contributed by atoms with Crippen LogP contribution in [0.15, 0.2) is 40.8 Å². The van der Waals surface area contributed by atoms with Gasteiger partial charge in [-0.25, -0.2) is 0 Å². The number of hydrogen-bond donors (Lipinski definition) is 0. The molecule has 0 aliphatic carbocycles. The molecule has 17 heavy (non-hydrogen) atoms. The van der Waals surface area contributed by atoms with E-state index in [1.807, 2.05) is 0 Å². The Morgan fingerprint density at radius 1 is 1.35 bits per heavy atom. The second-order valence-corrected chi connectivity index (χ2v) is 3.97. The van der Waals surface area contributed by atoms with Crippen LogP contribution in [0.25, 0.3) is 0 Å². The quantitative estimate of drug-likeness (QED) is 0.782. The standard InChI is InChI=1S/C13H11ClO3/c1-16-8-11-5-6-12(17-11)13(15)9-3-2-4-10(14)7-9/h2-7H,8H2,1H3. The van der Waals surface area contributed by atoms with Gasteiger partial charge in [0, 0.05) is 17.7 Å². The van der Waals surface area contributed by atoms with Crippen LogP contribution in [-0.4, -0.2) is 12.9 Å². The first-order valence-electron chi connectivity index (χ1n) is 5.08. The Morgan fingerprint density at radius 3 is 2.88 bits per heavy atom. The monoisotopic (exact) mass is 250 g/mol. The molecule has 3 nitrogen and oxygen atoms in total. The molecule has 4 heteroatoms. The molecule has 0 aliphatic heterocycles. The van der Waals surface area contributed by atoms with Crippen LogP contribution in [-0.2, 0) is 11.3 Å². The minimum atomic E-state index is -0.185. The summed E-state index contributed by atoms with van der Waals surface area (Å²) in [6, 6.07) is 10.1. The molecular weight excluding hydrogens is 240 g/mol. The van der Waals surface area contributed by atoms with Crippen LogP contribution in [0.5, 0.6) is 0 Å². The Kier molecular flexibility index (Phi) is 3.61. The average Bonchev–Trinajstić information content (AvgIpc) is 2.77. The highest BCUT2D eigenvalue weighted by Crippen LogP contribution is 2.17. The van der Waals surface area contributed by atoms with Gasteiger partial charge in [0.2, 0.25) is 5.78 Å². The predicted octanol–water partition coefficient (Wildman–Crippen LogP) is 3.31. The molecule has 0 aliphatic rings. The van der Waals surface area contributed by atoms with E-state index < -0.39 is 0 Å². The number of hydrogen-bond acceptors (Lipinski definition) is 3. The summed E-state index contributed by atoms with van der Waals surface area (Å²) in [7, 11) is 1.57. The van der Waals surface area contributed by atoms with Crippen LogP contribution in [0.2, 0.25) is 5.02 Å². The van der Waals surface area contributed by atoms with Gasteiger partial charge in [0.25, 0.3) is 0 Å². The predicted molar refractivity (Wildman–Crippen MR) is 64.3 cm³/mol. The smallest absolute Gasteiger partial charge is 0.228 e. The fourth-order valence-corrected chi connectivity index (χ4v) is 1.68. The van der Waals surface area contributed by atoms with Gasteiger partial charge in [-0.2, -0.15) is 0 Å². The van der Waals surface area contributed by atoms with E-state index in [0.717, 1.165) is 0 Å². The van der Waals surface area contributed by atoms with Gasteiger partial charge in [-0.15, -0.1) is 0 Å². The fourth-order valence-electron chi connectivity index (χ4n) is 1.49. The first kappa shape index (κ1) is 11.9. The van der Waals surface area contributed by atoms with Crippen molar-refractivity contribution in [2.75, 3.05) is 7.11 Å². The average molecular weight is 251 g/mol. The van der Waals surface area contributed by atoms with Gasteiger partial charge >= 0.3 is 0 Å². The largest absolute Gasteiger partial charge is 0.455 e. The van der Waals surface area contributed by atoms with E-state index in [4.69, 9.17) is 20.8 Å². The molecule has 0 radical (unpaired) electrons. The first-order valence-corrected chi connectivity index (χ1v) is 5.46. The summed E-state index contributed by atoms with van der Waals surface area (Å²) in [6.45, 7) is 0.350. The number of carbonyl (C=O) groups is 1. The molecule has 0 saturated heterocycles. The lowest BCUT2D eigenvalue weighted by atomic mass is 10.1. The fraction of sp³-hybridized carbons (Fsp3) is 0.154. The molecule has 0 fully saturated rings. The maximum absolute atomic E-state index is 12.0. The lowest BCUT2D eigenvalue weighted by Crippen LogP contribution is -1.99. The van der Waals surface area contributed by atoms with Crippen LogP contribution in [0.3, 0.4) is 0 Å². The highest BCUT2D eigenvalue weighted by Gasteiger charge is 2.13. The molecule has 0 bridgehead atoms. The van der Waals surface area contributed by atoms with Gasteiger partial charge in [0.1, 0.15) is 12.4 Å². The minimum absolute atomic E-state index is 0.185. The SMILES string of the molecule is COCc1ccc(C(=O)c2cccc(Cl)c2)o1. The zero-order valence-electron chi connectivity index (χ0n) is 9.27. The molecule has 0 N–H and O–H groups in total. The van der Waals surface area contributed by atoms with E-state index in [9.17, 15) is 4.79 Å². The number of ether oxygens (including phenoxy) is 1. The van der Waals surface area contributed by atoms with Crippen molar-refractivity contribution < 1.29 is 13.9 Å². The van der Waals surface area contributed by atoms with Crippen LogP contribution >= 0.6 is 11.6 Å². The topological polar surface area (TPSA) is 39.4 Å². The molecule has 0 amide bonds. The summed E-state index contributed by atoms with van der Waals surface area (Å²) in [5, 5.41) is 0.527. The molecule has 0 spiro atoms. The normalized spacial score (nSPS) is 10.5. The second kappa shape index (κ2) is 5.17. The van der Waals surface area contributed by atoms with Crippen molar-refractivity contribution in [3.05, 3.63) is 58.5 Å². The minimum Gasteiger partial charge on any atom is -0.455 e. The van der Waals surface area contributed by atoms with Crippen molar-refractivity contribution in [3.63, 3.8) is 0 Å². The van der Waals surface area contributed by atoms with Gasteiger partial charge in [0.15, 0.2) is 5.76 Å². The maximum atomic E-state index is 12.0. The molecule has 0 saturated carbocycles. The molecule has 1 aromatic carbocycles. The van der Waals surface area contributed by atoms with Crippen molar-refractivity contribution in [1.29, 1.82) is 0 Å². The van der Waals surface area contributed by atoms with Gasteiger partial charge in [-0.1, -0.05) is 23.7 Å². The zero-order valence-corrected chi connectivity index (χ0v) is 10.0. The molecule has 2 aromatic rings. The Bertz CT molecular complexity index is 531. The number of methoxy groups -OCH3 is 1. The number of benzene rings is 1. The van der Waals surface area contributed by atoms with E-state index in [1.165, 1.54) is 0 Å². The summed E-state index contributed by atoms with van der Waals surface area (Å²) in [4.78, 5) is 12.0. The summed E-state index contributed by atoms with van der Waals surface area (Å²) in [6.07, 6.45) is 0. The zero-order chi connectivity index (χ0) is 12.3. The van der Waals surface area contributed by atoms with Crippen LogP contribution < -0.4 is 0 Å². The second-order valence-electron chi connectivity index (χ2n) is 3.54. The third-order valence-corrected chi connectivity index (χ3v) is 2.49. The lowest BCUT2D eigenvalue weighted by molar-refractivity contribution is 0.1000. The molecule has 88 valence electrons. The number of rotatable bonds is 4. The van der Waals surface area contributed by atoms with Crippen molar-refractivity contribution in [1.82, 2.24) is 0 Å². The number of carbonyl (C=O) groups excluding carboxylic acids is 1. The molecular formula is C13H11ClO3. The molecule has 0 unspecified atom stereocenters. The summed E-state index contributed by atoms with van der Waals surface area (Å²) in [5.74, 6) is 0.729. The Morgan fingerprint density at radius 2 is 2.18 bits per heavy atom. The Labute approximate surface area is 104 Å². The van der Waals surface area contributed by atoms with Gasteiger partial charge in [0.05, 0.1) is 0 Å². The van der Waals surface area contributed by atoms with Gasteiger partial charge < -0.3 is 9.15 Å². The molecule has 2 rings (SSSR count). The summed E-state index contributed by atoms with van der Waals surface area (Å²) >= 11 is 5.83. The molecule has 1 aromatic heterocycles. The van der Waals surface area contributed by atoms with Crippen molar-refractivity contribution in [2.45, 2.75) is 6.61 Å². The van der Waals surface area contributed by atoms with Crippen molar-refractivity contribution in [2.24, 2.45) is 0 Å². The number of ketones is 1. The van der Waals surface area contributed by atoms with Crippen LogP contribution in [0.4, 0.5) is 0 Å². The van der Waals surface area contributed by atoms with E-state index in [0.29, 0.717) is 28.7 Å². The Balaban J connectivity index is 2.24. The summed E-state index contributed by atoms with van der Waals surface area (Å²) < 4.78 is 10.3. The maximum Gasteiger partial charge on any atom is 0.228 e. The third kappa shape index (κ3) is 2.75. The van der Waals surface area contributed by atoms with E-state index in [2.05, 4.69) is 0 Å². The Hall–Kier alpha value is -1.58. The van der Waals surface area contributed by atoms with Crippen LogP contribution in [0.1, 0.15) is 21.9 Å². The lowest BCUT2D eigenvalue weighted by Gasteiger charge is -1.98. The van der Waals surface area contributed by atoms with Crippen molar-refractivity contribution in [3.8, 4) is 0 Å². The van der Waals surface area contributed by atoms with E-state index >= 15 is 0 Å². The first-order chi connectivity index (χ1) is 8.20. The highest BCUT2D eigenvalue weighted by atomic mass is 35.5. The summed E-state index contributed by atoms with van der Waals surface area (Å²) in [5.41, 5.74) is 0.510. The van der Waals surface area contributed by atoms with Gasteiger partial charge in [-0.3, -0.25) is 4.79 Å². The van der Waals surface area contributed by atoms with Crippen molar-refractivity contribution >= 4 is 17.4 Å². The molecule has 0 atom stereocenters. The third-order valence-electron chi connectivity index (χ3n) is 2.26. The van der Waals surface area contributed by atoms with E-state index in [1.54, 1.807) is 43.5 Å². The number of furan rings is 1. The highest BCUT2D eigenvalue weighted by molar-refractivity contribution is 6.31. The van der Waals surface area contributed by atoms with E-state index in [-0.39, 0.29) is 5.78 Å².